The van der Waals surface area contributed by atoms with Gasteiger partial charge in [-0.05, 0) is 0 Å². The lowest BCUT2D eigenvalue weighted by atomic mass is 10.0. The third-order valence-electron chi connectivity index (χ3n) is 1.33. The maximum absolute atomic E-state index is 5.62. The Hall–Kier alpha value is -0.250. The minimum absolute atomic E-state index is 0.175. The van der Waals surface area contributed by atoms with E-state index in [9.17, 15) is 0 Å². The minimum atomic E-state index is -0.658. The summed E-state index contributed by atoms with van der Waals surface area (Å²) in [5.41, 5.74) is 11.2. The molecule has 2 atom stereocenters. The molecule has 0 saturated carbocycles. The summed E-state index contributed by atoms with van der Waals surface area (Å²) in [5, 5.41) is 0. The van der Waals surface area contributed by atoms with Gasteiger partial charge in [0, 0.05) is 0 Å². The number of rotatable bonds is 0. The SMILES string of the molecule is NC1C=CC=CC1(N)S. The molecular formula is C6H10N2S. The molecule has 1 rings (SSSR count). The molecule has 0 fully saturated rings. The van der Waals surface area contributed by atoms with Crippen molar-refractivity contribution in [2.24, 2.45) is 11.5 Å². The first-order valence-corrected chi connectivity index (χ1v) is 3.20. The largest absolute Gasteiger partial charge is 0.322 e. The predicted molar refractivity (Wildman–Crippen MR) is 42.2 cm³/mol. The monoisotopic (exact) mass is 142 g/mol. The lowest BCUT2D eigenvalue weighted by molar-refractivity contribution is 0.652. The van der Waals surface area contributed by atoms with Gasteiger partial charge in [-0.25, -0.2) is 0 Å². The Morgan fingerprint density at radius 1 is 1.44 bits per heavy atom. The molecule has 0 heterocycles. The van der Waals surface area contributed by atoms with Crippen LogP contribution >= 0.6 is 12.6 Å². The molecule has 50 valence electrons. The molecule has 0 aromatic heterocycles. The second kappa shape index (κ2) is 2.17. The van der Waals surface area contributed by atoms with Gasteiger partial charge in [-0.15, -0.1) is 0 Å². The predicted octanol–water partition coefficient (Wildman–Crippen LogP) is 0.0245. The molecule has 0 aromatic rings. The van der Waals surface area contributed by atoms with Gasteiger partial charge >= 0.3 is 0 Å². The van der Waals surface area contributed by atoms with Gasteiger partial charge in [0.15, 0.2) is 0 Å². The molecule has 2 nitrogen and oxygen atoms in total. The molecule has 3 heteroatoms. The maximum atomic E-state index is 5.62. The van der Waals surface area contributed by atoms with Crippen molar-refractivity contribution in [3.8, 4) is 0 Å². The Bertz CT molecular complexity index is 160. The summed E-state index contributed by atoms with van der Waals surface area (Å²) >= 11 is 4.13. The van der Waals surface area contributed by atoms with Crippen LogP contribution in [0, 0.1) is 0 Å². The van der Waals surface area contributed by atoms with E-state index in [2.05, 4.69) is 12.6 Å². The fraction of sp³-hybridized carbons (Fsp3) is 0.333. The van der Waals surface area contributed by atoms with Gasteiger partial charge in [0.25, 0.3) is 0 Å². The van der Waals surface area contributed by atoms with Crippen LogP contribution in [0.3, 0.4) is 0 Å². The van der Waals surface area contributed by atoms with Crippen molar-refractivity contribution in [1.82, 2.24) is 0 Å². The highest BCUT2D eigenvalue weighted by Crippen LogP contribution is 2.16. The highest BCUT2D eigenvalue weighted by atomic mass is 32.1. The average Bonchev–Trinajstić information content (AvgIpc) is 1.77. The van der Waals surface area contributed by atoms with E-state index in [0.29, 0.717) is 0 Å². The lowest BCUT2D eigenvalue weighted by Crippen LogP contribution is -2.49. The van der Waals surface area contributed by atoms with E-state index in [1.54, 1.807) is 6.08 Å². The molecular weight excluding hydrogens is 132 g/mol. The standard InChI is InChI=1S/C6H10N2S/c7-5-3-1-2-4-6(5,8)9/h1-5,9H,7-8H2. The summed E-state index contributed by atoms with van der Waals surface area (Å²) in [6, 6.07) is -0.175. The number of allylic oxidation sites excluding steroid dienone is 2. The van der Waals surface area contributed by atoms with Crippen molar-refractivity contribution in [3.05, 3.63) is 24.3 Å². The highest BCUT2D eigenvalue weighted by Gasteiger charge is 2.23. The van der Waals surface area contributed by atoms with Crippen LogP contribution in [0.5, 0.6) is 0 Å². The van der Waals surface area contributed by atoms with Gasteiger partial charge in [-0.1, -0.05) is 24.3 Å². The molecule has 4 N–H and O–H groups in total. The smallest absolute Gasteiger partial charge is 0.0970 e. The van der Waals surface area contributed by atoms with E-state index < -0.39 is 4.87 Å². The van der Waals surface area contributed by atoms with Crippen LogP contribution in [-0.2, 0) is 0 Å². The lowest BCUT2D eigenvalue weighted by Gasteiger charge is -2.26. The minimum Gasteiger partial charge on any atom is -0.322 e. The van der Waals surface area contributed by atoms with Crippen LogP contribution in [-0.4, -0.2) is 10.9 Å². The Balaban J connectivity index is 2.78. The maximum Gasteiger partial charge on any atom is 0.0970 e. The molecule has 1 aliphatic carbocycles. The van der Waals surface area contributed by atoms with E-state index in [0.717, 1.165) is 0 Å². The van der Waals surface area contributed by atoms with Crippen molar-refractivity contribution >= 4 is 12.6 Å². The summed E-state index contributed by atoms with van der Waals surface area (Å²) in [7, 11) is 0. The van der Waals surface area contributed by atoms with Gasteiger partial charge in [-0.3, -0.25) is 0 Å². The van der Waals surface area contributed by atoms with Crippen LogP contribution in [0.4, 0.5) is 0 Å². The molecule has 0 radical (unpaired) electrons. The third kappa shape index (κ3) is 1.36. The first-order chi connectivity index (χ1) is 4.13. The van der Waals surface area contributed by atoms with E-state index in [-0.39, 0.29) is 6.04 Å². The topological polar surface area (TPSA) is 52.0 Å². The second-order valence-electron chi connectivity index (χ2n) is 2.16. The van der Waals surface area contributed by atoms with Crippen molar-refractivity contribution < 1.29 is 0 Å². The molecule has 0 bridgehead atoms. The van der Waals surface area contributed by atoms with Crippen LogP contribution in [0.25, 0.3) is 0 Å². The van der Waals surface area contributed by atoms with Gasteiger partial charge in [0.05, 0.1) is 10.9 Å². The number of nitrogens with two attached hydrogens (primary N) is 2. The molecule has 1 aliphatic rings. The summed E-state index contributed by atoms with van der Waals surface area (Å²) in [5.74, 6) is 0. The molecule has 9 heavy (non-hydrogen) atoms. The first kappa shape index (κ1) is 6.86. The zero-order valence-electron chi connectivity index (χ0n) is 4.99. The Kier molecular flexibility index (Phi) is 1.66. The van der Waals surface area contributed by atoms with Gasteiger partial charge in [0.2, 0.25) is 0 Å². The normalized spacial score (nSPS) is 41.4. The summed E-state index contributed by atoms with van der Waals surface area (Å²) in [6.07, 6.45) is 7.32. The van der Waals surface area contributed by atoms with Crippen molar-refractivity contribution in [3.63, 3.8) is 0 Å². The summed E-state index contributed by atoms with van der Waals surface area (Å²) < 4.78 is 0. The molecule has 0 amide bonds. The number of hydrogen-bond acceptors (Lipinski definition) is 3. The van der Waals surface area contributed by atoms with E-state index in [4.69, 9.17) is 11.5 Å². The van der Waals surface area contributed by atoms with E-state index in [1.807, 2.05) is 18.2 Å². The zero-order valence-corrected chi connectivity index (χ0v) is 5.88. The molecule has 0 aromatic carbocycles. The van der Waals surface area contributed by atoms with Gasteiger partial charge < -0.3 is 11.5 Å². The second-order valence-corrected chi connectivity index (χ2v) is 2.93. The Morgan fingerprint density at radius 2 is 2.11 bits per heavy atom. The first-order valence-electron chi connectivity index (χ1n) is 2.76. The Morgan fingerprint density at radius 3 is 2.44 bits per heavy atom. The average molecular weight is 142 g/mol. The zero-order chi connectivity index (χ0) is 6.91. The van der Waals surface area contributed by atoms with E-state index in [1.165, 1.54) is 0 Å². The van der Waals surface area contributed by atoms with Crippen molar-refractivity contribution in [2.45, 2.75) is 10.9 Å². The molecule has 0 aliphatic heterocycles. The van der Waals surface area contributed by atoms with Crippen LogP contribution in [0.1, 0.15) is 0 Å². The van der Waals surface area contributed by atoms with Crippen molar-refractivity contribution in [1.29, 1.82) is 0 Å². The fourth-order valence-electron chi connectivity index (χ4n) is 0.659. The quantitative estimate of drug-likeness (QED) is 0.330. The van der Waals surface area contributed by atoms with Crippen LogP contribution < -0.4 is 11.5 Å². The third-order valence-corrected chi connectivity index (χ3v) is 1.77. The highest BCUT2D eigenvalue weighted by molar-refractivity contribution is 7.82. The molecule has 0 saturated heterocycles. The summed E-state index contributed by atoms with van der Waals surface area (Å²) in [6.45, 7) is 0. The van der Waals surface area contributed by atoms with Crippen LogP contribution in [0.2, 0.25) is 0 Å². The van der Waals surface area contributed by atoms with E-state index >= 15 is 0 Å². The summed E-state index contributed by atoms with van der Waals surface area (Å²) in [4.78, 5) is -0.658. The van der Waals surface area contributed by atoms with Gasteiger partial charge in [-0.2, -0.15) is 12.6 Å². The number of thiol groups is 1. The van der Waals surface area contributed by atoms with Crippen molar-refractivity contribution in [2.75, 3.05) is 0 Å². The Labute approximate surface area is 60.0 Å². The molecule has 0 spiro atoms. The van der Waals surface area contributed by atoms with Crippen LogP contribution in [0.15, 0.2) is 24.3 Å². The fourth-order valence-corrected chi connectivity index (χ4v) is 0.831. The van der Waals surface area contributed by atoms with Gasteiger partial charge in [0.1, 0.15) is 0 Å². The number of hydrogen-bond donors (Lipinski definition) is 3. The molecule has 2 unspecified atom stereocenters.